The van der Waals surface area contributed by atoms with Gasteiger partial charge in [0.1, 0.15) is 5.56 Å². The van der Waals surface area contributed by atoms with Gasteiger partial charge in [-0.15, -0.1) is 13.2 Å². The van der Waals surface area contributed by atoms with Crippen molar-refractivity contribution >= 4 is 0 Å². The van der Waals surface area contributed by atoms with E-state index < -0.39 is 65.3 Å². The third-order valence-electron chi connectivity index (χ3n) is 2.75. The highest BCUT2D eigenvalue weighted by molar-refractivity contribution is 5.26. The topological polar surface area (TPSA) is 18.5 Å². The Hall–Kier alpha value is -1.98. The van der Waals surface area contributed by atoms with E-state index in [1.165, 1.54) is 4.74 Å². The van der Waals surface area contributed by atoms with Gasteiger partial charge in [0.15, 0.2) is 23.3 Å². The minimum Gasteiger partial charge on any atom is -0.263 e. The van der Waals surface area contributed by atoms with Gasteiger partial charge in [0, 0.05) is 0 Å². The van der Waals surface area contributed by atoms with Gasteiger partial charge in [-0.05, 0) is 0 Å². The molecular formula is C11F16O2. The number of rotatable bonds is 5. The third-order valence-corrected chi connectivity index (χ3v) is 2.75. The highest BCUT2D eigenvalue weighted by Gasteiger charge is 2.79. The van der Waals surface area contributed by atoms with Gasteiger partial charge in [-0.1, -0.05) is 0 Å². The van der Waals surface area contributed by atoms with Gasteiger partial charge in [0.25, 0.3) is 0 Å². The summed E-state index contributed by atoms with van der Waals surface area (Å²) in [6.45, 7) is 0. The van der Waals surface area contributed by atoms with Crippen molar-refractivity contribution in [3.63, 3.8) is 0 Å². The summed E-state index contributed by atoms with van der Waals surface area (Å²) < 4.78 is 208. The molecule has 29 heavy (non-hydrogen) atoms. The number of hydrogen-bond acceptors (Lipinski definition) is 2. The molecule has 1 aromatic carbocycles. The molecule has 2 nitrogen and oxygen atoms in total. The molecule has 0 amide bonds. The van der Waals surface area contributed by atoms with Crippen molar-refractivity contribution in [2.75, 3.05) is 0 Å². The largest absolute Gasteiger partial charge is 0.527 e. The quantitative estimate of drug-likeness (QED) is 0.309. The van der Waals surface area contributed by atoms with Crippen LogP contribution in [0.25, 0.3) is 0 Å². The smallest absolute Gasteiger partial charge is 0.263 e. The molecule has 1 atom stereocenters. The SMILES string of the molecule is Fc1c(F)c(F)c(C(F)(F)OC(F)(C(F)(F)F)C(F)(F)OC(F)(F)F)c(F)c1F. The molecule has 0 heterocycles. The molecule has 0 aliphatic rings. The summed E-state index contributed by atoms with van der Waals surface area (Å²) in [5, 5.41) is 0. The van der Waals surface area contributed by atoms with Gasteiger partial charge in [-0.3, -0.25) is 4.74 Å². The minimum atomic E-state index is -7.53. The Morgan fingerprint density at radius 3 is 1.14 bits per heavy atom. The van der Waals surface area contributed by atoms with Crippen LogP contribution in [0.1, 0.15) is 5.56 Å². The molecule has 18 heteroatoms. The van der Waals surface area contributed by atoms with Crippen molar-refractivity contribution in [3.05, 3.63) is 34.6 Å². The lowest BCUT2D eigenvalue weighted by Crippen LogP contribution is -2.61. The summed E-state index contributed by atoms with van der Waals surface area (Å²) in [5.74, 6) is -24.5. The summed E-state index contributed by atoms with van der Waals surface area (Å²) >= 11 is 0. The maximum atomic E-state index is 13.6. The normalized spacial score (nSPS) is 16.1. The van der Waals surface area contributed by atoms with E-state index in [9.17, 15) is 70.2 Å². The van der Waals surface area contributed by atoms with Gasteiger partial charge in [-0.25, -0.2) is 26.7 Å². The molecule has 1 aromatic rings. The Morgan fingerprint density at radius 2 is 0.828 bits per heavy atom. The third kappa shape index (κ3) is 4.46. The van der Waals surface area contributed by atoms with Crippen LogP contribution < -0.4 is 0 Å². The fourth-order valence-corrected chi connectivity index (χ4v) is 1.58. The molecule has 1 unspecified atom stereocenters. The molecule has 0 saturated heterocycles. The van der Waals surface area contributed by atoms with Crippen LogP contribution in [0.15, 0.2) is 0 Å². The van der Waals surface area contributed by atoms with Crippen molar-refractivity contribution in [2.24, 2.45) is 0 Å². The first-order valence-electron chi connectivity index (χ1n) is 6.09. The maximum Gasteiger partial charge on any atom is 0.527 e. The Kier molecular flexibility index (Phi) is 6.10. The highest BCUT2D eigenvalue weighted by Crippen LogP contribution is 2.53. The average molecular weight is 468 g/mol. The predicted molar refractivity (Wildman–Crippen MR) is 53.2 cm³/mol. The first-order chi connectivity index (χ1) is 12.6. The Bertz CT molecular complexity index is 752. The maximum absolute atomic E-state index is 13.6. The van der Waals surface area contributed by atoms with E-state index >= 15 is 0 Å². The van der Waals surface area contributed by atoms with Gasteiger partial charge in [0.2, 0.25) is 5.82 Å². The lowest BCUT2D eigenvalue weighted by molar-refractivity contribution is -0.542. The Morgan fingerprint density at radius 1 is 0.483 bits per heavy atom. The van der Waals surface area contributed by atoms with Gasteiger partial charge < -0.3 is 0 Å². The Balaban J connectivity index is 3.68. The molecule has 0 bridgehead atoms. The molecule has 0 aliphatic heterocycles. The standard InChI is InChI=1S/C11F16O2/c12-2-1(3(13)5(15)6(16)4(2)14)7(17,18)28-8(19,9(20,21)22)10(23,24)29-11(25,26)27. The van der Waals surface area contributed by atoms with Crippen LogP contribution in [0.3, 0.4) is 0 Å². The summed E-state index contributed by atoms with van der Waals surface area (Å²) in [7, 11) is 0. The molecule has 0 spiro atoms. The molecular weight excluding hydrogens is 468 g/mol. The zero-order valence-corrected chi connectivity index (χ0v) is 12.4. The number of halogens is 16. The average Bonchev–Trinajstić information content (AvgIpc) is 2.46. The second-order valence-electron chi connectivity index (χ2n) is 4.72. The van der Waals surface area contributed by atoms with E-state index in [1.807, 2.05) is 4.74 Å². The van der Waals surface area contributed by atoms with E-state index in [0.717, 1.165) is 0 Å². The fourth-order valence-electron chi connectivity index (χ4n) is 1.58. The summed E-state index contributed by atoms with van der Waals surface area (Å²) in [5.41, 5.74) is -3.71. The number of alkyl halides is 11. The summed E-state index contributed by atoms with van der Waals surface area (Å²) in [6.07, 6.45) is -28.5. The Labute approximate surface area is 146 Å². The van der Waals surface area contributed by atoms with Crippen LogP contribution in [-0.2, 0) is 15.6 Å². The number of hydrogen-bond donors (Lipinski definition) is 0. The molecule has 0 aromatic heterocycles. The zero-order valence-electron chi connectivity index (χ0n) is 12.4. The molecule has 0 saturated carbocycles. The van der Waals surface area contributed by atoms with Crippen LogP contribution >= 0.6 is 0 Å². The van der Waals surface area contributed by atoms with E-state index in [0.29, 0.717) is 0 Å². The van der Waals surface area contributed by atoms with Crippen molar-refractivity contribution in [1.82, 2.24) is 0 Å². The van der Waals surface area contributed by atoms with Crippen molar-refractivity contribution in [1.29, 1.82) is 0 Å². The first-order valence-corrected chi connectivity index (χ1v) is 6.09. The fraction of sp³-hybridized carbons (Fsp3) is 0.455. The summed E-state index contributed by atoms with van der Waals surface area (Å²) in [4.78, 5) is 0. The van der Waals surface area contributed by atoms with Crippen molar-refractivity contribution < 1.29 is 79.7 Å². The first kappa shape index (κ1) is 25.1. The molecule has 0 fully saturated rings. The van der Waals surface area contributed by atoms with Gasteiger partial charge >= 0.3 is 30.6 Å². The molecule has 168 valence electrons. The van der Waals surface area contributed by atoms with E-state index in [2.05, 4.69) is 0 Å². The zero-order chi connectivity index (χ0) is 23.4. The van der Waals surface area contributed by atoms with Crippen molar-refractivity contribution in [2.45, 2.75) is 30.6 Å². The van der Waals surface area contributed by atoms with Crippen LogP contribution in [-0.4, -0.2) is 24.5 Å². The molecule has 0 radical (unpaired) electrons. The van der Waals surface area contributed by atoms with Crippen LogP contribution in [0.4, 0.5) is 70.2 Å². The minimum absolute atomic E-state index is 1.44. The second-order valence-corrected chi connectivity index (χ2v) is 4.72. The van der Waals surface area contributed by atoms with E-state index in [-0.39, 0.29) is 0 Å². The lowest BCUT2D eigenvalue weighted by atomic mass is 10.1. The molecule has 0 aliphatic carbocycles. The molecule has 1 rings (SSSR count). The van der Waals surface area contributed by atoms with Crippen LogP contribution in [0.2, 0.25) is 0 Å². The lowest BCUT2D eigenvalue weighted by Gasteiger charge is -2.36. The monoisotopic (exact) mass is 468 g/mol. The van der Waals surface area contributed by atoms with Crippen LogP contribution in [0, 0.1) is 29.1 Å². The number of benzene rings is 1. The van der Waals surface area contributed by atoms with Crippen molar-refractivity contribution in [3.8, 4) is 0 Å². The van der Waals surface area contributed by atoms with E-state index in [1.54, 1.807) is 0 Å². The van der Waals surface area contributed by atoms with E-state index in [4.69, 9.17) is 0 Å². The summed E-state index contributed by atoms with van der Waals surface area (Å²) in [6, 6.07) is 0. The second kappa shape index (κ2) is 7.06. The number of ether oxygens (including phenoxy) is 2. The molecule has 0 N–H and O–H groups in total. The van der Waals surface area contributed by atoms with Gasteiger partial charge in [-0.2, -0.15) is 35.1 Å². The predicted octanol–water partition coefficient (Wildman–Crippen LogP) is 5.81. The van der Waals surface area contributed by atoms with Crippen LogP contribution in [0.5, 0.6) is 0 Å². The highest BCUT2D eigenvalue weighted by atomic mass is 19.4. The van der Waals surface area contributed by atoms with Gasteiger partial charge in [0.05, 0.1) is 0 Å².